The van der Waals surface area contributed by atoms with Gasteiger partial charge in [-0.05, 0) is 31.2 Å². The van der Waals surface area contributed by atoms with Crippen LogP contribution in [0.1, 0.15) is 22.8 Å². The standard InChI is InChI=1S/C15H15F2N3O4/c1-2-20-8-10(13(22)19-15(20)23)7-18-12(21)9-3-5-11(6-4-9)24-14(16)17/h3-6,8,14H,2,7H2,1H3,(H,18,21)(H,19,22,23). The van der Waals surface area contributed by atoms with Gasteiger partial charge < -0.3 is 14.6 Å². The van der Waals surface area contributed by atoms with Crippen LogP contribution in [0.2, 0.25) is 0 Å². The summed E-state index contributed by atoms with van der Waals surface area (Å²) in [6, 6.07) is 5.13. The molecular formula is C15H15F2N3O4. The molecule has 7 nitrogen and oxygen atoms in total. The molecule has 0 spiro atoms. The van der Waals surface area contributed by atoms with E-state index in [1.165, 1.54) is 35.0 Å². The van der Waals surface area contributed by atoms with Gasteiger partial charge in [-0.2, -0.15) is 8.78 Å². The molecule has 0 fully saturated rings. The molecule has 2 aromatic rings. The highest BCUT2D eigenvalue weighted by Crippen LogP contribution is 2.14. The molecule has 0 radical (unpaired) electrons. The third-order valence-electron chi connectivity index (χ3n) is 3.21. The first-order valence-corrected chi connectivity index (χ1v) is 7.06. The minimum Gasteiger partial charge on any atom is -0.435 e. The Morgan fingerprint density at radius 3 is 2.54 bits per heavy atom. The van der Waals surface area contributed by atoms with Crippen molar-refractivity contribution in [3.05, 3.63) is 62.4 Å². The molecule has 1 heterocycles. The lowest BCUT2D eigenvalue weighted by Crippen LogP contribution is -2.34. The van der Waals surface area contributed by atoms with Crippen molar-refractivity contribution >= 4 is 5.91 Å². The number of benzene rings is 1. The largest absolute Gasteiger partial charge is 0.435 e. The average Bonchev–Trinajstić information content (AvgIpc) is 2.54. The van der Waals surface area contributed by atoms with E-state index in [2.05, 4.69) is 15.0 Å². The van der Waals surface area contributed by atoms with E-state index in [4.69, 9.17) is 0 Å². The number of carbonyl (C=O) groups is 1. The monoisotopic (exact) mass is 339 g/mol. The number of aromatic amines is 1. The summed E-state index contributed by atoms with van der Waals surface area (Å²) in [6.45, 7) is -0.901. The first-order chi connectivity index (χ1) is 11.4. The number of amides is 1. The number of halogens is 2. The first kappa shape index (κ1) is 17.4. The van der Waals surface area contributed by atoms with Crippen LogP contribution in [-0.4, -0.2) is 22.1 Å². The summed E-state index contributed by atoms with van der Waals surface area (Å²) in [6.07, 6.45) is 1.38. The lowest BCUT2D eigenvalue weighted by molar-refractivity contribution is -0.0498. The summed E-state index contributed by atoms with van der Waals surface area (Å²) in [7, 11) is 0. The predicted octanol–water partition coefficient (Wildman–Crippen LogP) is 1.09. The second-order valence-electron chi connectivity index (χ2n) is 4.79. The number of H-pyrrole nitrogens is 1. The Morgan fingerprint density at radius 2 is 1.96 bits per heavy atom. The van der Waals surface area contributed by atoms with Gasteiger partial charge in [-0.1, -0.05) is 0 Å². The van der Waals surface area contributed by atoms with Crippen molar-refractivity contribution in [2.24, 2.45) is 0 Å². The predicted molar refractivity (Wildman–Crippen MR) is 81.2 cm³/mol. The Balaban J connectivity index is 2.05. The molecule has 2 rings (SSSR count). The van der Waals surface area contributed by atoms with Gasteiger partial charge in [0.2, 0.25) is 0 Å². The van der Waals surface area contributed by atoms with Crippen molar-refractivity contribution in [1.29, 1.82) is 0 Å². The molecule has 2 N–H and O–H groups in total. The fourth-order valence-corrected chi connectivity index (χ4v) is 1.98. The molecule has 0 aliphatic heterocycles. The van der Waals surface area contributed by atoms with Crippen LogP contribution in [0.15, 0.2) is 40.1 Å². The van der Waals surface area contributed by atoms with Gasteiger partial charge in [-0.3, -0.25) is 14.6 Å². The molecular weight excluding hydrogens is 324 g/mol. The van der Waals surface area contributed by atoms with Gasteiger partial charge in [0.25, 0.3) is 11.5 Å². The molecule has 1 amide bonds. The van der Waals surface area contributed by atoms with Gasteiger partial charge in [0.1, 0.15) is 5.75 Å². The number of aryl methyl sites for hydroxylation is 1. The molecule has 0 aliphatic rings. The molecule has 0 unspecified atom stereocenters. The van der Waals surface area contributed by atoms with E-state index in [1.54, 1.807) is 6.92 Å². The number of carbonyl (C=O) groups excluding carboxylic acids is 1. The zero-order valence-corrected chi connectivity index (χ0v) is 12.7. The molecule has 24 heavy (non-hydrogen) atoms. The van der Waals surface area contributed by atoms with E-state index in [9.17, 15) is 23.2 Å². The van der Waals surface area contributed by atoms with E-state index in [1.807, 2.05) is 0 Å². The third-order valence-corrected chi connectivity index (χ3v) is 3.21. The van der Waals surface area contributed by atoms with Crippen LogP contribution in [0.4, 0.5) is 8.78 Å². The molecule has 0 saturated heterocycles. The van der Waals surface area contributed by atoms with Crippen LogP contribution < -0.4 is 21.3 Å². The van der Waals surface area contributed by atoms with Crippen molar-refractivity contribution in [1.82, 2.24) is 14.9 Å². The number of alkyl halides is 2. The topological polar surface area (TPSA) is 93.2 Å². The zero-order chi connectivity index (χ0) is 17.7. The quantitative estimate of drug-likeness (QED) is 0.824. The number of hydrogen-bond acceptors (Lipinski definition) is 4. The van der Waals surface area contributed by atoms with E-state index in [-0.39, 0.29) is 23.4 Å². The lowest BCUT2D eigenvalue weighted by atomic mass is 10.2. The van der Waals surface area contributed by atoms with Crippen molar-refractivity contribution in [2.75, 3.05) is 0 Å². The van der Waals surface area contributed by atoms with Crippen LogP contribution >= 0.6 is 0 Å². The number of ether oxygens (including phenoxy) is 1. The molecule has 0 bridgehead atoms. The maximum absolute atomic E-state index is 12.1. The minimum absolute atomic E-state index is 0.0620. The third kappa shape index (κ3) is 4.28. The van der Waals surface area contributed by atoms with Gasteiger partial charge in [0.15, 0.2) is 0 Å². The number of aromatic nitrogens is 2. The highest BCUT2D eigenvalue weighted by Gasteiger charge is 2.10. The van der Waals surface area contributed by atoms with Crippen molar-refractivity contribution in [3.63, 3.8) is 0 Å². The molecule has 1 aromatic heterocycles. The fourth-order valence-electron chi connectivity index (χ4n) is 1.98. The summed E-state index contributed by atoms with van der Waals surface area (Å²) < 4.78 is 29.6. The van der Waals surface area contributed by atoms with Crippen molar-refractivity contribution < 1.29 is 18.3 Å². The van der Waals surface area contributed by atoms with Gasteiger partial charge in [0.05, 0.1) is 5.56 Å². The molecule has 128 valence electrons. The van der Waals surface area contributed by atoms with Gasteiger partial charge in [0, 0.05) is 24.8 Å². The molecule has 0 saturated carbocycles. The maximum Gasteiger partial charge on any atom is 0.387 e. The van der Waals surface area contributed by atoms with E-state index >= 15 is 0 Å². The van der Waals surface area contributed by atoms with Crippen molar-refractivity contribution in [2.45, 2.75) is 26.6 Å². The first-order valence-electron chi connectivity index (χ1n) is 7.06. The summed E-state index contributed by atoms with van der Waals surface area (Å²) in [4.78, 5) is 37.3. The Labute approximate surface area is 134 Å². The number of hydrogen-bond donors (Lipinski definition) is 2. The van der Waals surface area contributed by atoms with Gasteiger partial charge in [-0.15, -0.1) is 0 Å². The Hall–Kier alpha value is -2.97. The second kappa shape index (κ2) is 7.53. The summed E-state index contributed by atoms with van der Waals surface area (Å²) in [5.41, 5.74) is -0.655. The average molecular weight is 339 g/mol. The molecule has 0 atom stereocenters. The van der Waals surface area contributed by atoms with E-state index in [0.717, 1.165) is 0 Å². The Kier molecular flexibility index (Phi) is 5.46. The second-order valence-corrected chi connectivity index (χ2v) is 4.79. The van der Waals surface area contributed by atoms with Crippen LogP contribution in [0.3, 0.4) is 0 Å². The summed E-state index contributed by atoms with van der Waals surface area (Å²) in [5.74, 6) is -0.555. The van der Waals surface area contributed by atoms with Gasteiger partial charge in [-0.25, -0.2) is 4.79 Å². The fraction of sp³-hybridized carbons (Fsp3) is 0.267. The van der Waals surface area contributed by atoms with Crippen LogP contribution in [-0.2, 0) is 13.1 Å². The van der Waals surface area contributed by atoms with E-state index in [0.29, 0.717) is 6.54 Å². The molecule has 1 aromatic carbocycles. The Bertz CT molecular complexity index is 828. The summed E-state index contributed by atoms with van der Waals surface area (Å²) >= 11 is 0. The SMILES string of the molecule is CCn1cc(CNC(=O)c2ccc(OC(F)F)cc2)c(=O)[nH]c1=O. The lowest BCUT2D eigenvalue weighted by Gasteiger charge is -2.08. The minimum atomic E-state index is -2.94. The molecule has 0 aliphatic carbocycles. The van der Waals surface area contributed by atoms with Crippen LogP contribution in [0, 0.1) is 0 Å². The van der Waals surface area contributed by atoms with Crippen LogP contribution in [0.25, 0.3) is 0 Å². The molecule has 9 heteroatoms. The normalized spacial score (nSPS) is 10.7. The van der Waals surface area contributed by atoms with Crippen molar-refractivity contribution in [3.8, 4) is 5.75 Å². The highest BCUT2D eigenvalue weighted by molar-refractivity contribution is 5.94. The zero-order valence-electron chi connectivity index (χ0n) is 12.7. The number of nitrogens with one attached hydrogen (secondary N) is 2. The summed E-state index contributed by atoms with van der Waals surface area (Å²) in [5, 5.41) is 2.52. The van der Waals surface area contributed by atoms with Gasteiger partial charge >= 0.3 is 12.3 Å². The number of rotatable bonds is 6. The maximum atomic E-state index is 12.1. The number of nitrogens with zero attached hydrogens (tertiary/aromatic N) is 1. The highest BCUT2D eigenvalue weighted by atomic mass is 19.3. The Morgan fingerprint density at radius 1 is 1.29 bits per heavy atom. The smallest absolute Gasteiger partial charge is 0.387 e. The van der Waals surface area contributed by atoms with Crippen LogP contribution in [0.5, 0.6) is 5.75 Å². The van der Waals surface area contributed by atoms with E-state index < -0.39 is 23.8 Å².